The van der Waals surface area contributed by atoms with Gasteiger partial charge in [0.2, 0.25) is 11.9 Å². The smallest absolute Gasteiger partial charge is 0.350 e. The fraction of sp³-hybridized carbons (Fsp3) is 0.409. The van der Waals surface area contributed by atoms with Gasteiger partial charge in [-0.15, -0.1) is 0 Å². The Hall–Kier alpha value is -3.70. The molecule has 2 N–H and O–H groups in total. The zero-order valence-corrected chi connectivity index (χ0v) is 18.6. The number of nitrogens with one attached hydrogen (secondary N) is 2. The minimum atomic E-state index is -4.49. The van der Waals surface area contributed by atoms with Crippen molar-refractivity contribution in [3.05, 3.63) is 53.2 Å². The molecule has 0 aromatic carbocycles. The van der Waals surface area contributed by atoms with Crippen LogP contribution in [0.4, 0.5) is 30.6 Å². The summed E-state index contributed by atoms with van der Waals surface area (Å²) in [6.45, 7) is 2.39. The third-order valence-corrected chi connectivity index (χ3v) is 6.00. The second-order valence-corrected chi connectivity index (χ2v) is 8.66. The maximum absolute atomic E-state index is 12.9. The number of hydrogen-bond donors (Lipinski definition) is 2. The number of halogens is 3. The van der Waals surface area contributed by atoms with Crippen molar-refractivity contribution >= 4 is 23.4 Å². The molecule has 0 bridgehead atoms. The highest BCUT2D eigenvalue weighted by molar-refractivity contribution is 6.03. The van der Waals surface area contributed by atoms with Crippen LogP contribution in [0.3, 0.4) is 0 Å². The minimum absolute atomic E-state index is 0.0196. The number of nitrogens with zero attached hydrogens (tertiary/aromatic N) is 6. The lowest BCUT2D eigenvalue weighted by Crippen LogP contribution is -2.48. The van der Waals surface area contributed by atoms with Gasteiger partial charge < -0.3 is 15.5 Å². The lowest BCUT2D eigenvalue weighted by Gasteiger charge is -2.35. The molecule has 1 unspecified atom stereocenters. The van der Waals surface area contributed by atoms with Crippen LogP contribution in [0.5, 0.6) is 0 Å². The molecule has 1 saturated carbocycles. The number of carbonyl (C=O) groups excluding carboxylic acids is 1. The average molecular weight is 472 g/mol. The van der Waals surface area contributed by atoms with E-state index in [0.717, 1.165) is 30.7 Å². The molecule has 0 saturated heterocycles. The van der Waals surface area contributed by atoms with Gasteiger partial charge in [0.15, 0.2) is 5.82 Å². The number of fused-ring (bicyclic) bond motifs is 1. The summed E-state index contributed by atoms with van der Waals surface area (Å²) in [4.78, 5) is 26.9. The molecule has 1 atom stereocenters. The van der Waals surface area contributed by atoms with Crippen LogP contribution < -0.4 is 15.5 Å². The number of hydrogen-bond acceptors (Lipinski definition) is 7. The molecule has 3 aromatic heterocycles. The second kappa shape index (κ2) is 8.26. The molecular formula is C22H23F3N8O. The Morgan fingerprint density at radius 2 is 2.03 bits per heavy atom. The van der Waals surface area contributed by atoms with Crippen LogP contribution in [-0.2, 0) is 24.1 Å². The van der Waals surface area contributed by atoms with E-state index in [4.69, 9.17) is 0 Å². The maximum Gasteiger partial charge on any atom is 0.433 e. The molecule has 0 radical (unpaired) electrons. The van der Waals surface area contributed by atoms with Crippen molar-refractivity contribution in [3.8, 4) is 0 Å². The summed E-state index contributed by atoms with van der Waals surface area (Å²) in [5.41, 5.74) is 1.63. The van der Waals surface area contributed by atoms with Crippen molar-refractivity contribution in [1.29, 1.82) is 0 Å². The van der Waals surface area contributed by atoms with Crippen LogP contribution in [0.15, 0.2) is 30.7 Å². The molecule has 1 aliphatic carbocycles. The molecule has 1 amide bonds. The van der Waals surface area contributed by atoms with Crippen LogP contribution in [0, 0.1) is 12.8 Å². The van der Waals surface area contributed by atoms with E-state index in [1.807, 2.05) is 18.9 Å². The van der Waals surface area contributed by atoms with Crippen molar-refractivity contribution in [2.24, 2.45) is 5.92 Å². The third kappa shape index (κ3) is 4.39. The summed E-state index contributed by atoms with van der Waals surface area (Å²) < 4.78 is 40.2. The van der Waals surface area contributed by atoms with E-state index in [1.165, 1.54) is 6.07 Å². The van der Waals surface area contributed by atoms with E-state index in [1.54, 1.807) is 17.1 Å². The Balaban J connectivity index is 1.27. The molecule has 3 aromatic rings. The first-order chi connectivity index (χ1) is 16.2. The van der Waals surface area contributed by atoms with Gasteiger partial charge >= 0.3 is 6.18 Å². The van der Waals surface area contributed by atoms with Crippen molar-refractivity contribution in [2.75, 3.05) is 22.6 Å². The molecule has 0 spiro atoms. The molecular weight excluding hydrogens is 449 g/mol. The largest absolute Gasteiger partial charge is 0.433 e. The topological polar surface area (TPSA) is 101 Å². The summed E-state index contributed by atoms with van der Waals surface area (Å²) in [6, 6.07) is 2.33. The highest BCUT2D eigenvalue weighted by Crippen LogP contribution is 2.41. The number of rotatable bonds is 6. The first-order valence-electron chi connectivity index (χ1n) is 10.9. The summed E-state index contributed by atoms with van der Waals surface area (Å²) >= 11 is 0. The summed E-state index contributed by atoms with van der Waals surface area (Å²) in [6.07, 6.45) is 2.12. The Morgan fingerprint density at radius 1 is 1.24 bits per heavy atom. The highest BCUT2D eigenvalue weighted by atomic mass is 19.4. The SMILES string of the molecule is Cc1nc(NCc2cnn(Cc3ccnc(C(F)(F)F)c3)c2)nc2c1NC(=O)C(C1CC1)N2C. The van der Waals surface area contributed by atoms with Gasteiger partial charge in [-0.3, -0.25) is 14.5 Å². The molecule has 178 valence electrons. The van der Waals surface area contributed by atoms with Crippen LogP contribution in [0.1, 0.15) is 35.4 Å². The van der Waals surface area contributed by atoms with E-state index in [0.29, 0.717) is 41.2 Å². The lowest BCUT2D eigenvalue weighted by atomic mass is 10.1. The van der Waals surface area contributed by atoms with Gasteiger partial charge in [0, 0.05) is 31.5 Å². The van der Waals surface area contributed by atoms with Crippen LogP contribution >= 0.6 is 0 Å². The van der Waals surface area contributed by atoms with E-state index in [2.05, 4.69) is 30.7 Å². The van der Waals surface area contributed by atoms with Gasteiger partial charge in [0.25, 0.3) is 0 Å². The predicted molar refractivity (Wildman–Crippen MR) is 118 cm³/mol. The lowest BCUT2D eigenvalue weighted by molar-refractivity contribution is -0.141. The molecule has 1 aliphatic heterocycles. The number of amides is 1. The Labute approximate surface area is 193 Å². The van der Waals surface area contributed by atoms with Crippen molar-refractivity contribution in [1.82, 2.24) is 24.7 Å². The highest BCUT2D eigenvalue weighted by Gasteiger charge is 2.43. The van der Waals surface area contributed by atoms with Crippen molar-refractivity contribution in [2.45, 2.75) is 45.1 Å². The zero-order valence-electron chi connectivity index (χ0n) is 18.6. The minimum Gasteiger partial charge on any atom is -0.350 e. The molecule has 9 nitrogen and oxygen atoms in total. The molecule has 5 rings (SSSR count). The summed E-state index contributed by atoms with van der Waals surface area (Å²) in [5.74, 6) is 1.43. The fourth-order valence-electron chi connectivity index (χ4n) is 4.17. The number of pyridine rings is 1. The number of anilines is 3. The van der Waals surface area contributed by atoms with Crippen LogP contribution in [0.25, 0.3) is 0 Å². The summed E-state index contributed by atoms with van der Waals surface area (Å²) in [7, 11) is 1.88. The monoisotopic (exact) mass is 472 g/mol. The molecule has 4 heterocycles. The summed E-state index contributed by atoms with van der Waals surface area (Å²) in [5, 5.41) is 10.4. The molecule has 1 fully saturated rings. The van der Waals surface area contributed by atoms with Crippen molar-refractivity contribution < 1.29 is 18.0 Å². The standard InChI is InChI=1S/C22H23F3N8O/c1-12-17-19(32(2)18(15-3-4-15)20(34)30-17)31-21(29-12)27-8-14-9-28-33(11-14)10-13-5-6-26-16(7-13)22(23,24)25/h5-7,9,11,15,18H,3-4,8,10H2,1-2H3,(H,30,34)(H,27,29,31). The Bertz CT molecular complexity index is 1240. The van der Waals surface area contributed by atoms with E-state index >= 15 is 0 Å². The molecule has 2 aliphatic rings. The van der Waals surface area contributed by atoms with E-state index in [9.17, 15) is 18.0 Å². The van der Waals surface area contributed by atoms with Gasteiger partial charge in [0.05, 0.1) is 18.4 Å². The number of alkyl halides is 3. The maximum atomic E-state index is 12.9. The Morgan fingerprint density at radius 3 is 2.76 bits per heavy atom. The second-order valence-electron chi connectivity index (χ2n) is 8.66. The van der Waals surface area contributed by atoms with E-state index in [-0.39, 0.29) is 18.5 Å². The number of aromatic nitrogens is 5. The molecule has 34 heavy (non-hydrogen) atoms. The molecule has 12 heteroatoms. The number of carbonyl (C=O) groups is 1. The van der Waals surface area contributed by atoms with Gasteiger partial charge in [-0.25, -0.2) is 4.98 Å². The van der Waals surface area contributed by atoms with Crippen LogP contribution in [-0.4, -0.2) is 43.7 Å². The van der Waals surface area contributed by atoms with Crippen molar-refractivity contribution in [3.63, 3.8) is 0 Å². The normalized spacial score (nSPS) is 18.0. The average Bonchev–Trinajstić information content (AvgIpc) is 3.51. The van der Waals surface area contributed by atoms with Gasteiger partial charge in [-0.2, -0.15) is 23.3 Å². The van der Waals surface area contributed by atoms with Crippen LogP contribution in [0.2, 0.25) is 0 Å². The van der Waals surface area contributed by atoms with E-state index < -0.39 is 11.9 Å². The Kier molecular flexibility index (Phi) is 5.37. The third-order valence-electron chi connectivity index (χ3n) is 6.00. The predicted octanol–water partition coefficient (Wildman–Crippen LogP) is 3.22. The van der Waals surface area contributed by atoms with Gasteiger partial charge in [-0.1, -0.05) is 0 Å². The number of aryl methyl sites for hydroxylation is 1. The van der Waals surface area contributed by atoms with Gasteiger partial charge in [-0.05, 0) is 43.4 Å². The first-order valence-corrected chi connectivity index (χ1v) is 10.9. The van der Waals surface area contributed by atoms with Gasteiger partial charge in [0.1, 0.15) is 17.4 Å². The zero-order chi connectivity index (χ0) is 24.0. The quantitative estimate of drug-likeness (QED) is 0.568. The fourth-order valence-corrected chi connectivity index (χ4v) is 4.17. The first kappa shape index (κ1) is 22.1. The number of likely N-dealkylation sites (N-methyl/N-ethyl adjacent to an activating group) is 1.